The van der Waals surface area contributed by atoms with Crippen molar-refractivity contribution in [2.75, 3.05) is 0 Å². The fourth-order valence-corrected chi connectivity index (χ4v) is 4.12. The summed E-state index contributed by atoms with van der Waals surface area (Å²) in [5, 5.41) is 0. The first-order valence-electron chi connectivity index (χ1n) is 7.19. The summed E-state index contributed by atoms with van der Waals surface area (Å²) in [7, 11) is 0. The van der Waals surface area contributed by atoms with Crippen molar-refractivity contribution in [1.82, 2.24) is 0 Å². The van der Waals surface area contributed by atoms with Crippen LogP contribution in [0.25, 0.3) is 5.57 Å². The zero-order valence-corrected chi connectivity index (χ0v) is 15.8. The first kappa shape index (κ1) is 19.2. The Hall–Kier alpha value is -1.54. The maximum atomic E-state index is 15.2. The summed E-state index contributed by atoms with van der Waals surface area (Å²) in [6.45, 7) is 0. The Labute approximate surface area is 161 Å². The lowest BCUT2D eigenvalue weighted by molar-refractivity contribution is 0.261. The van der Waals surface area contributed by atoms with Crippen LogP contribution >= 0.6 is 31.9 Å². The lowest BCUT2D eigenvalue weighted by Crippen LogP contribution is -2.31. The molecule has 0 bridgehead atoms. The van der Waals surface area contributed by atoms with E-state index in [4.69, 9.17) is 0 Å². The van der Waals surface area contributed by atoms with Gasteiger partial charge in [0.15, 0.2) is 29.1 Å². The van der Waals surface area contributed by atoms with E-state index in [1.165, 1.54) is 12.1 Å². The standard InChI is InChI=1S/C18H8Br2F6/c19-14-12(8-4-2-1-3-5-8)13(18(20,26)17(25)16(14)24)9-6-10(21)15(23)11(22)7-9/h1-7,13H. The van der Waals surface area contributed by atoms with Crippen LogP contribution in [0, 0.1) is 17.5 Å². The third-order valence-electron chi connectivity index (χ3n) is 3.99. The Bertz CT molecular complexity index is 911. The predicted octanol–water partition coefficient (Wildman–Crippen LogP) is 7.22. The van der Waals surface area contributed by atoms with Crippen LogP contribution in [0.2, 0.25) is 0 Å². The first-order valence-corrected chi connectivity index (χ1v) is 8.78. The third kappa shape index (κ3) is 3.03. The number of hydrogen-bond donors (Lipinski definition) is 0. The number of allylic oxidation sites excluding steroid dienone is 4. The van der Waals surface area contributed by atoms with Gasteiger partial charge in [-0.25, -0.2) is 26.3 Å². The van der Waals surface area contributed by atoms with Gasteiger partial charge in [0.25, 0.3) is 0 Å². The van der Waals surface area contributed by atoms with E-state index in [0.717, 1.165) is 0 Å². The molecular weight excluding hydrogens is 490 g/mol. The molecule has 0 saturated heterocycles. The van der Waals surface area contributed by atoms with E-state index in [2.05, 4.69) is 31.9 Å². The van der Waals surface area contributed by atoms with E-state index in [1.54, 1.807) is 18.2 Å². The van der Waals surface area contributed by atoms with Gasteiger partial charge in [-0.15, -0.1) is 0 Å². The molecule has 1 aliphatic rings. The highest BCUT2D eigenvalue weighted by atomic mass is 79.9. The van der Waals surface area contributed by atoms with Crippen LogP contribution in [-0.2, 0) is 0 Å². The van der Waals surface area contributed by atoms with Crippen LogP contribution in [0.3, 0.4) is 0 Å². The summed E-state index contributed by atoms with van der Waals surface area (Å²) in [6, 6.07) is 8.91. The molecule has 0 spiro atoms. The second kappa shape index (κ2) is 6.88. The third-order valence-corrected chi connectivity index (χ3v) is 5.57. The van der Waals surface area contributed by atoms with Gasteiger partial charge in [0, 0.05) is 0 Å². The predicted molar refractivity (Wildman–Crippen MR) is 93.4 cm³/mol. The molecular formula is C18H8Br2F6. The van der Waals surface area contributed by atoms with Gasteiger partial charge in [-0.2, -0.15) is 0 Å². The molecule has 3 rings (SSSR count). The van der Waals surface area contributed by atoms with Crippen LogP contribution in [0.5, 0.6) is 0 Å². The highest BCUT2D eigenvalue weighted by Gasteiger charge is 2.51. The Morgan fingerprint density at radius 3 is 1.96 bits per heavy atom. The molecule has 2 aromatic carbocycles. The average Bonchev–Trinajstić information content (AvgIpc) is 2.61. The number of alkyl halides is 2. The summed E-state index contributed by atoms with van der Waals surface area (Å²) in [4.78, 5) is 0. The van der Waals surface area contributed by atoms with Crippen molar-refractivity contribution >= 4 is 37.4 Å². The van der Waals surface area contributed by atoms with E-state index in [0.29, 0.717) is 17.7 Å². The Morgan fingerprint density at radius 2 is 1.42 bits per heavy atom. The quantitative estimate of drug-likeness (QED) is 0.233. The van der Waals surface area contributed by atoms with Crippen LogP contribution in [0.1, 0.15) is 17.0 Å². The lowest BCUT2D eigenvalue weighted by atomic mass is 9.79. The van der Waals surface area contributed by atoms with Crippen LogP contribution in [0.4, 0.5) is 26.3 Å². The molecule has 0 aliphatic heterocycles. The van der Waals surface area contributed by atoms with Crippen molar-refractivity contribution in [2.24, 2.45) is 0 Å². The van der Waals surface area contributed by atoms with E-state index >= 15 is 4.39 Å². The van der Waals surface area contributed by atoms with Gasteiger partial charge < -0.3 is 0 Å². The minimum Gasteiger partial charge on any atom is -0.222 e. The molecule has 0 aromatic heterocycles. The van der Waals surface area contributed by atoms with Crippen molar-refractivity contribution in [3.63, 3.8) is 0 Å². The first-order chi connectivity index (χ1) is 12.2. The van der Waals surface area contributed by atoms with E-state index in [-0.39, 0.29) is 5.57 Å². The Balaban J connectivity index is 2.33. The molecule has 0 heterocycles. The molecule has 26 heavy (non-hydrogen) atoms. The molecule has 0 saturated carbocycles. The molecule has 8 heteroatoms. The molecule has 2 atom stereocenters. The normalized spacial score (nSPS) is 23.6. The summed E-state index contributed by atoms with van der Waals surface area (Å²) < 4.78 is 80.8. The fraction of sp³-hybridized carbons (Fsp3) is 0.111. The molecule has 0 amide bonds. The lowest BCUT2D eigenvalue weighted by Gasteiger charge is -2.34. The molecule has 2 aromatic rings. The van der Waals surface area contributed by atoms with Crippen molar-refractivity contribution in [1.29, 1.82) is 0 Å². The van der Waals surface area contributed by atoms with Crippen LogP contribution in [0.15, 0.2) is 58.6 Å². The summed E-state index contributed by atoms with van der Waals surface area (Å²) in [5.41, 5.74) is -0.202. The summed E-state index contributed by atoms with van der Waals surface area (Å²) in [5.74, 6) is -9.84. The van der Waals surface area contributed by atoms with Crippen LogP contribution in [-0.4, -0.2) is 4.58 Å². The monoisotopic (exact) mass is 496 g/mol. The highest BCUT2D eigenvalue weighted by molar-refractivity contribution is 9.12. The van der Waals surface area contributed by atoms with Gasteiger partial charge in [-0.1, -0.05) is 30.3 Å². The fourth-order valence-electron chi connectivity index (χ4n) is 2.82. The molecule has 2 unspecified atom stereocenters. The largest absolute Gasteiger partial charge is 0.229 e. The van der Waals surface area contributed by atoms with E-state index < -0.39 is 49.6 Å². The topological polar surface area (TPSA) is 0 Å². The highest BCUT2D eigenvalue weighted by Crippen LogP contribution is 2.57. The number of halogens is 8. The molecule has 0 radical (unpaired) electrons. The maximum Gasteiger partial charge on any atom is 0.229 e. The number of rotatable bonds is 2. The number of hydrogen-bond acceptors (Lipinski definition) is 0. The minimum absolute atomic E-state index is 0.0886. The van der Waals surface area contributed by atoms with E-state index in [1.807, 2.05) is 0 Å². The second-order valence-electron chi connectivity index (χ2n) is 5.58. The Kier molecular flexibility index (Phi) is 5.09. The zero-order chi connectivity index (χ0) is 19.2. The SMILES string of the molecule is FC1=C(F)C(F)(Br)C(c2cc(F)c(F)c(F)c2)C(c2ccccc2)=C1Br. The smallest absolute Gasteiger partial charge is 0.222 e. The minimum atomic E-state index is -3.13. The Morgan fingerprint density at radius 1 is 0.885 bits per heavy atom. The summed E-state index contributed by atoms with van der Waals surface area (Å²) in [6.07, 6.45) is 0. The zero-order valence-electron chi connectivity index (χ0n) is 12.6. The molecule has 0 fully saturated rings. The van der Waals surface area contributed by atoms with Gasteiger partial charge in [0.2, 0.25) is 4.58 Å². The van der Waals surface area contributed by atoms with Crippen LogP contribution < -0.4 is 0 Å². The number of benzene rings is 2. The summed E-state index contributed by atoms with van der Waals surface area (Å²) >= 11 is 5.40. The average molecular weight is 498 g/mol. The molecule has 136 valence electrons. The van der Waals surface area contributed by atoms with Gasteiger partial charge in [-0.05, 0) is 60.7 Å². The molecule has 1 aliphatic carbocycles. The maximum absolute atomic E-state index is 15.2. The molecule has 0 N–H and O–H groups in total. The van der Waals surface area contributed by atoms with Gasteiger partial charge in [0.05, 0.1) is 10.4 Å². The van der Waals surface area contributed by atoms with Crippen molar-refractivity contribution < 1.29 is 26.3 Å². The van der Waals surface area contributed by atoms with Crippen molar-refractivity contribution in [2.45, 2.75) is 10.5 Å². The second-order valence-corrected chi connectivity index (χ2v) is 7.52. The van der Waals surface area contributed by atoms with E-state index in [9.17, 15) is 22.0 Å². The van der Waals surface area contributed by atoms with Crippen molar-refractivity contribution in [3.05, 3.63) is 87.2 Å². The van der Waals surface area contributed by atoms with Gasteiger partial charge >= 0.3 is 0 Å². The molecule has 0 nitrogen and oxygen atoms in total. The van der Waals surface area contributed by atoms with Gasteiger partial charge in [-0.3, -0.25) is 0 Å². The van der Waals surface area contributed by atoms with Crippen molar-refractivity contribution in [3.8, 4) is 0 Å². The van der Waals surface area contributed by atoms with Gasteiger partial charge in [0.1, 0.15) is 0 Å².